The summed E-state index contributed by atoms with van der Waals surface area (Å²) >= 11 is 3.38. The van der Waals surface area contributed by atoms with E-state index in [1.165, 1.54) is 0 Å². The Morgan fingerprint density at radius 3 is 2.18 bits per heavy atom. The molecule has 0 unspecified atom stereocenters. The van der Waals surface area contributed by atoms with E-state index in [2.05, 4.69) is 31.9 Å². The van der Waals surface area contributed by atoms with E-state index >= 15 is 0 Å². The zero-order valence-electron chi connectivity index (χ0n) is 18.7. The monoisotopic (exact) mass is 459 g/mol. The third-order valence-electron chi connectivity index (χ3n) is 3.01. The average molecular weight is 460 g/mol. The number of carbonyl (C=O) groups excluding carboxylic acids is 2. The first-order chi connectivity index (χ1) is 13.2. The van der Waals surface area contributed by atoms with Crippen LogP contribution in [0.2, 0.25) is 0 Å². The molecule has 0 aliphatic heterocycles. The first-order valence-corrected chi connectivity index (χ1v) is 10.7. The molecule has 28 heavy (non-hydrogen) atoms. The molecule has 0 saturated carbocycles. The summed E-state index contributed by atoms with van der Waals surface area (Å²) in [4.78, 5) is 23.5. The molecule has 2 amide bonds. The van der Waals surface area contributed by atoms with Gasteiger partial charge < -0.3 is 15.4 Å². The van der Waals surface area contributed by atoms with E-state index in [-0.39, 0.29) is 5.91 Å². The maximum atomic E-state index is 12.0. The van der Waals surface area contributed by atoms with Crippen molar-refractivity contribution in [3.05, 3.63) is 33.8 Å². The van der Waals surface area contributed by atoms with Crippen LogP contribution in [0.3, 0.4) is 0 Å². The van der Waals surface area contributed by atoms with E-state index in [0.29, 0.717) is 25.3 Å². The molecule has 1 aromatic rings. The van der Waals surface area contributed by atoms with E-state index in [4.69, 9.17) is 4.74 Å². The Kier molecular flexibility index (Phi) is 16.7. The summed E-state index contributed by atoms with van der Waals surface area (Å²) < 4.78 is 6.09. The highest BCUT2D eigenvalue weighted by atomic mass is 79.9. The van der Waals surface area contributed by atoms with Crippen LogP contribution in [0.1, 0.15) is 70.8 Å². The summed E-state index contributed by atoms with van der Waals surface area (Å²) in [5.74, 6) is -0.112. The van der Waals surface area contributed by atoms with Crippen molar-refractivity contribution in [2.24, 2.45) is 0 Å². The van der Waals surface area contributed by atoms with Crippen LogP contribution in [0.15, 0.2) is 22.7 Å². The van der Waals surface area contributed by atoms with Crippen LogP contribution in [-0.4, -0.2) is 37.4 Å². The number of hydrogen-bond acceptors (Lipinski definition) is 4. The average Bonchev–Trinajstić information content (AvgIpc) is 2.62. The van der Waals surface area contributed by atoms with Gasteiger partial charge in [-0.25, -0.2) is 4.79 Å². The third-order valence-corrected chi connectivity index (χ3v) is 3.50. The van der Waals surface area contributed by atoms with Crippen molar-refractivity contribution in [3.63, 3.8) is 0 Å². The van der Waals surface area contributed by atoms with Crippen molar-refractivity contribution >= 4 is 27.9 Å². The van der Waals surface area contributed by atoms with Crippen LogP contribution in [0, 0.1) is 6.92 Å². The number of halogens is 1. The standard InChI is InChI=1S/C17H26BrN3O3.2C2H6/c1-12-10-13(18)6-7-14(12)15(22)21-11-19-8-5-9-20-16(23)24-17(2,3)4;2*1-2/h6-7,10,19H,5,8-9,11H2,1-4H3,(H,20,23)(H,21,22);2*1-2H3. The van der Waals surface area contributed by atoms with Crippen molar-refractivity contribution in [3.8, 4) is 0 Å². The van der Waals surface area contributed by atoms with Gasteiger partial charge in [0.15, 0.2) is 0 Å². The van der Waals surface area contributed by atoms with Gasteiger partial charge in [0.05, 0.1) is 6.67 Å². The van der Waals surface area contributed by atoms with Gasteiger partial charge in [0.1, 0.15) is 5.60 Å². The van der Waals surface area contributed by atoms with Crippen LogP contribution in [0.5, 0.6) is 0 Å². The van der Waals surface area contributed by atoms with E-state index in [0.717, 1.165) is 16.5 Å². The summed E-state index contributed by atoms with van der Waals surface area (Å²) in [6.45, 7) is 16.9. The first kappa shape index (κ1) is 28.6. The van der Waals surface area contributed by atoms with E-state index in [1.54, 1.807) is 6.07 Å². The van der Waals surface area contributed by atoms with Crippen LogP contribution < -0.4 is 16.0 Å². The summed E-state index contributed by atoms with van der Waals surface area (Å²) in [5.41, 5.74) is 1.09. The molecule has 0 aromatic heterocycles. The lowest BCUT2D eigenvalue weighted by Gasteiger charge is -2.19. The maximum Gasteiger partial charge on any atom is 0.407 e. The lowest BCUT2D eigenvalue weighted by molar-refractivity contribution is 0.0527. The Labute approximate surface area is 179 Å². The number of hydrogen-bond donors (Lipinski definition) is 3. The number of alkyl carbamates (subject to hydrolysis) is 1. The van der Waals surface area contributed by atoms with Crippen molar-refractivity contribution in [2.75, 3.05) is 19.8 Å². The molecule has 0 radical (unpaired) electrons. The van der Waals surface area contributed by atoms with Crippen molar-refractivity contribution < 1.29 is 14.3 Å². The molecule has 1 rings (SSSR count). The minimum Gasteiger partial charge on any atom is -0.444 e. The van der Waals surface area contributed by atoms with Crippen LogP contribution >= 0.6 is 15.9 Å². The van der Waals surface area contributed by atoms with Gasteiger partial charge in [0.25, 0.3) is 5.91 Å². The molecular formula is C21H38BrN3O3. The molecule has 6 nitrogen and oxygen atoms in total. The quantitative estimate of drug-likeness (QED) is 0.395. The number of nitrogens with one attached hydrogen (secondary N) is 3. The molecule has 1 aromatic carbocycles. The number of aryl methyl sites for hydroxylation is 1. The Morgan fingerprint density at radius 1 is 1.04 bits per heavy atom. The maximum absolute atomic E-state index is 12.0. The third kappa shape index (κ3) is 14.5. The van der Waals surface area contributed by atoms with Gasteiger partial charge in [-0.05, 0) is 64.4 Å². The van der Waals surface area contributed by atoms with E-state index in [9.17, 15) is 9.59 Å². The highest BCUT2D eigenvalue weighted by Crippen LogP contribution is 2.15. The minimum atomic E-state index is -0.488. The predicted molar refractivity (Wildman–Crippen MR) is 121 cm³/mol. The minimum absolute atomic E-state index is 0.112. The van der Waals surface area contributed by atoms with Gasteiger partial charge in [-0.3, -0.25) is 10.1 Å². The normalized spacial score (nSPS) is 9.89. The number of ether oxygens (including phenoxy) is 1. The number of benzene rings is 1. The zero-order valence-corrected chi connectivity index (χ0v) is 20.2. The Bertz CT molecular complexity index is 573. The molecule has 0 saturated heterocycles. The Hall–Kier alpha value is -1.60. The molecule has 0 fully saturated rings. The molecule has 7 heteroatoms. The number of amides is 2. The van der Waals surface area contributed by atoms with E-state index in [1.807, 2.05) is 67.5 Å². The van der Waals surface area contributed by atoms with Crippen LogP contribution in [-0.2, 0) is 4.74 Å². The van der Waals surface area contributed by atoms with Crippen molar-refractivity contribution in [1.82, 2.24) is 16.0 Å². The second-order valence-electron chi connectivity index (χ2n) is 6.42. The highest BCUT2D eigenvalue weighted by Gasteiger charge is 2.15. The van der Waals surface area contributed by atoms with Crippen LogP contribution in [0.25, 0.3) is 0 Å². The molecule has 0 aliphatic carbocycles. The first-order valence-electron chi connectivity index (χ1n) is 9.91. The number of carbonyl (C=O) groups is 2. The van der Waals surface area contributed by atoms with Crippen molar-refractivity contribution in [1.29, 1.82) is 0 Å². The number of rotatable bonds is 7. The second-order valence-corrected chi connectivity index (χ2v) is 7.34. The summed E-state index contributed by atoms with van der Waals surface area (Å²) in [5, 5.41) is 8.60. The summed E-state index contributed by atoms with van der Waals surface area (Å²) in [6, 6.07) is 5.54. The van der Waals surface area contributed by atoms with Crippen LogP contribution in [0.4, 0.5) is 4.79 Å². The zero-order chi connectivity index (χ0) is 22.2. The Balaban J connectivity index is 0. The fourth-order valence-electron chi connectivity index (χ4n) is 1.93. The highest BCUT2D eigenvalue weighted by molar-refractivity contribution is 9.10. The largest absolute Gasteiger partial charge is 0.444 e. The van der Waals surface area contributed by atoms with Gasteiger partial charge in [-0.15, -0.1) is 0 Å². The lowest BCUT2D eigenvalue weighted by atomic mass is 10.1. The molecule has 0 bridgehead atoms. The fourth-order valence-corrected chi connectivity index (χ4v) is 2.40. The topological polar surface area (TPSA) is 79.5 Å². The van der Waals surface area contributed by atoms with Gasteiger partial charge in [-0.2, -0.15) is 0 Å². The molecule has 3 N–H and O–H groups in total. The summed E-state index contributed by atoms with van der Waals surface area (Å²) in [7, 11) is 0. The molecule has 0 aliphatic rings. The van der Waals surface area contributed by atoms with Gasteiger partial charge in [-0.1, -0.05) is 43.6 Å². The van der Waals surface area contributed by atoms with Gasteiger partial charge in [0, 0.05) is 16.6 Å². The molecule has 162 valence electrons. The fraction of sp³-hybridized carbons (Fsp3) is 0.619. The molecular weight excluding hydrogens is 422 g/mol. The van der Waals surface area contributed by atoms with Crippen molar-refractivity contribution in [2.45, 2.75) is 67.4 Å². The predicted octanol–water partition coefficient (Wildman–Crippen LogP) is 5.00. The molecule has 0 atom stereocenters. The van der Waals surface area contributed by atoms with Gasteiger partial charge >= 0.3 is 6.09 Å². The SMILES string of the molecule is CC.CC.Cc1cc(Br)ccc1C(=O)NCNCCCNC(=O)OC(C)(C)C. The van der Waals surface area contributed by atoms with E-state index < -0.39 is 11.7 Å². The van der Waals surface area contributed by atoms with Gasteiger partial charge in [0.2, 0.25) is 0 Å². The Morgan fingerprint density at radius 2 is 1.64 bits per heavy atom. The second kappa shape index (κ2) is 16.4. The smallest absolute Gasteiger partial charge is 0.407 e. The lowest BCUT2D eigenvalue weighted by Crippen LogP contribution is -2.36. The summed E-state index contributed by atoms with van der Waals surface area (Å²) in [6.07, 6.45) is 0.327. The molecule has 0 heterocycles. The molecule has 0 spiro atoms.